The molecule has 0 aliphatic heterocycles. The number of carbonyl (C=O) groups is 2. The summed E-state index contributed by atoms with van der Waals surface area (Å²) in [5.41, 5.74) is 4.77. The van der Waals surface area contributed by atoms with Crippen molar-refractivity contribution in [1.29, 1.82) is 0 Å². The predicted octanol–water partition coefficient (Wildman–Crippen LogP) is 3.72. The van der Waals surface area contributed by atoms with Gasteiger partial charge in [-0.25, -0.2) is 9.59 Å². The molecule has 0 bridgehead atoms. The Morgan fingerprint density at radius 1 is 0.971 bits per heavy atom. The molecule has 8 nitrogen and oxygen atoms in total. The molecule has 2 unspecified atom stereocenters. The van der Waals surface area contributed by atoms with E-state index in [0.29, 0.717) is 0 Å². The Morgan fingerprint density at radius 3 is 2.20 bits per heavy atom. The first kappa shape index (κ1) is 24.3. The number of amides is 1. The van der Waals surface area contributed by atoms with E-state index < -0.39 is 24.3 Å². The van der Waals surface area contributed by atoms with Crippen LogP contribution in [0.2, 0.25) is 0 Å². The molecule has 3 aromatic carbocycles. The predicted molar refractivity (Wildman–Crippen MR) is 129 cm³/mol. The van der Waals surface area contributed by atoms with Gasteiger partial charge < -0.3 is 30.1 Å². The van der Waals surface area contributed by atoms with E-state index in [9.17, 15) is 19.8 Å². The fraction of sp³-hybridized carbons (Fsp3) is 0.259. The van der Waals surface area contributed by atoms with Crippen molar-refractivity contribution in [2.45, 2.75) is 24.5 Å². The first-order valence-electron chi connectivity index (χ1n) is 11.3. The second-order valence-electron chi connectivity index (χ2n) is 8.32. The third-order valence-corrected chi connectivity index (χ3v) is 6.22. The summed E-state index contributed by atoms with van der Waals surface area (Å²) in [5, 5.41) is 32.6. The van der Waals surface area contributed by atoms with Crippen molar-refractivity contribution in [1.82, 2.24) is 5.32 Å². The molecule has 0 aromatic heterocycles. The lowest BCUT2D eigenvalue weighted by atomic mass is 9.98. The average molecular weight is 478 g/mol. The Labute approximate surface area is 202 Å². The second kappa shape index (κ2) is 10.6. The van der Waals surface area contributed by atoms with Crippen molar-refractivity contribution in [3.05, 3.63) is 89.0 Å². The number of aliphatic hydroxyl groups excluding tert-OH is 2. The van der Waals surface area contributed by atoms with Crippen LogP contribution in [0.15, 0.2) is 66.7 Å². The Kier molecular flexibility index (Phi) is 7.33. The number of methoxy groups -OCH3 is 1. The standard InChI is InChI=1S/C27H27NO7/c1-34-24-14-16(26(31)32)10-11-21(24)25(30)23(29)12-13-28-27(33)35-15-22-19-8-4-2-6-17(19)18-7-3-5-9-20(18)22/h2-11,14,22-23,25,29-30H,12-13,15H2,1H3,(H,28,33)(H,31,32). The van der Waals surface area contributed by atoms with E-state index in [4.69, 9.17) is 14.6 Å². The Morgan fingerprint density at radius 2 is 1.60 bits per heavy atom. The van der Waals surface area contributed by atoms with E-state index in [1.807, 2.05) is 36.4 Å². The molecule has 0 saturated carbocycles. The number of carbonyl (C=O) groups excluding carboxylic acids is 1. The summed E-state index contributed by atoms with van der Waals surface area (Å²) in [5.74, 6) is -1.03. The van der Waals surface area contributed by atoms with Gasteiger partial charge in [-0.3, -0.25) is 0 Å². The fourth-order valence-corrected chi connectivity index (χ4v) is 4.43. The first-order valence-corrected chi connectivity index (χ1v) is 11.3. The molecule has 3 aromatic rings. The lowest BCUT2D eigenvalue weighted by Crippen LogP contribution is -2.30. The van der Waals surface area contributed by atoms with Crippen LogP contribution in [0.5, 0.6) is 5.75 Å². The third-order valence-electron chi connectivity index (χ3n) is 6.22. The molecular formula is C27H27NO7. The third kappa shape index (κ3) is 5.13. The molecule has 0 spiro atoms. The second-order valence-corrected chi connectivity index (χ2v) is 8.32. The van der Waals surface area contributed by atoms with Crippen molar-refractivity contribution in [2.24, 2.45) is 0 Å². The first-order chi connectivity index (χ1) is 16.9. The Hall–Kier alpha value is -3.88. The number of carboxylic acid groups (broad SMARTS) is 1. The monoisotopic (exact) mass is 477 g/mol. The summed E-state index contributed by atoms with van der Waals surface area (Å²) < 4.78 is 10.6. The number of ether oxygens (including phenoxy) is 2. The summed E-state index contributed by atoms with van der Waals surface area (Å²) in [7, 11) is 1.35. The molecule has 0 saturated heterocycles. The van der Waals surface area contributed by atoms with Crippen LogP contribution >= 0.6 is 0 Å². The fourth-order valence-electron chi connectivity index (χ4n) is 4.43. The van der Waals surface area contributed by atoms with Crippen molar-refractivity contribution in [3.63, 3.8) is 0 Å². The van der Waals surface area contributed by atoms with Crippen LogP contribution < -0.4 is 10.1 Å². The number of alkyl carbamates (subject to hydrolysis) is 1. The van der Waals surface area contributed by atoms with Crippen molar-refractivity contribution < 1.29 is 34.4 Å². The molecule has 4 N–H and O–H groups in total. The highest BCUT2D eigenvalue weighted by Crippen LogP contribution is 2.44. The Balaban J connectivity index is 1.30. The number of aromatic carboxylic acids is 1. The van der Waals surface area contributed by atoms with Gasteiger partial charge in [-0.1, -0.05) is 54.6 Å². The molecule has 182 valence electrons. The summed E-state index contributed by atoms with van der Waals surface area (Å²) in [6, 6.07) is 20.1. The number of rotatable bonds is 9. The minimum atomic E-state index is -1.32. The van der Waals surface area contributed by atoms with Gasteiger partial charge in [0.15, 0.2) is 0 Å². The average Bonchev–Trinajstić information content (AvgIpc) is 3.20. The highest BCUT2D eigenvalue weighted by molar-refractivity contribution is 5.88. The van der Waals surface area contributed by atoms with Crippen LogP contribution in [-0.4, -0.2) is 53.7 Å². The van der Waals surface area contributed by atoms with E-state index in [2.05, 4.69) is 17.4 Å². The van der Waals surface area contributed by atoms with Crippen LogP contribution in [0, 0.1) is 0 Å². The van der Waals surface area contributed by atoms with Crippen molar-refractivity contribution >= 4 is 12.1 Å². The maximum atomic E-state index is 12.3. The number of nitrogens with one attached hydrogen (secondary N) is 1. The van der Waals surface area contributed by atoms with Gasteiger partial charge in [0.05, 0.1) is 18.8 Å². The van der Waals surface area contributed by atoms with Crippen LogP contribution in [0.3, 0.4) is 0 Å². The van der Waals surface area contributed by atoms with Gasteiger partial charge in [0.2, 0.25) is 0 Å². The number of hydrogen-bond acceptors (Lipinski definition) is 6. The van der Waals surface area contributed by atoms with Gasteiger partial charge in [-0.05, 0) is 40.8 Å². The summed E-state index contributed by atoms with van der Waals surface area (Å²) in [4.78, 5) is 23.4. The van der Waals surface area contributed by atoms with Gasteiger partial charge in [0, 0.05) is 18.0 Å². The van der Waals surface area contributed by atoms with Gasteiger partial charge in [-0.2, -0.15) is 0 Å². The molecule has 0 radical (unpaired) electrons. The molecule has 0 heterocycles. The number of aliphatic hydroxyl groups is 2. The molecule has 8 heteroatoms. The maximum absolute atomic E-state index is 12.3. The largest absolute Gasteiger partial charge is 0.496 e. The molecular weight excluding hydrogens is 450 g/mol. The maximum Gasteiger partial charge on any atom is 0.407 e. The number of benzene rings is 3. The SMILES string of the molecule is COc1cc(C(=O)O)ccc1C(O)C(O)CCNC(=O)OCC1c2ccccc2-c2ccccc21. The molecule has 1 amide bonds. The highest BCUT2D eigenvalue weighted by atomic mass is 16.5. The molecule has 35 heavy (non-hydrogen) atoms. The molecule has 0 fully saturated rings. The minimum Gasteiger partial charge on any atom is -0.496 e. The van der Waals surface area contributed by atoms with Crippen LogP contribution in [0.1, 0.15) is 45.5 Å². The summed E-state index contributed by atoms with van der Waals surface area (Å²) in [6.45, 7) is 0.253. The normalized spacial score (nSPS) is 13.9. The lowest BCUT2D eigenvalue weighted by molar-refractivity contribution is 0.0123. The molecule has 4 rings (SSSR count). The quantitative estimate of drug-likeness (QED) is 0.370. The minimum absolute atomic E-state index is 0.00390. The summed E-state index contributed by atoms with van der Waals surface area (Å²) >= 11 is 0. The van der Waals surface area contributed by atoms with E-state index in [0.717, 1.165) is 22.3 Å². The molecule has 1 aliphatic rings. The number of hydrogen-bond donors (Lipinski definition) is 4. The van der Waals surface area contributed by atoms with E-state index in [-0.39, 0.29) is 42.4 Å². The van der Waals surface area contributed by atoms with Crippen LogP contribution in [0.25, 0.3) is 11.1 Å². The summed E-state index contributed by atoms with van der Waals surface area (Å²) in [6.07, 6.45) is -3.10. The lowest BCUT2D eigenvalue weighted by Gasteiger charge is -2.21. The highest BCUT2D eigenvalue weighted by Gasteiger charge is 2.29. The topological polar surface area (TPSA) is 125 Å². The smallest absolute Gasteiger partial charge is 0.407 e. The number of fused-ring (bicyclic) bond motifs is 3. The zero-order chi connectivity index (χ0) is 24.9. The van der Waals surface area contributed by atoms with Crippen molar-refractivity contribution in [2.75, 3.05) is 20.3 Å². The van der Waals surface area contributed by atoms with Crippen molar-refractivity contribution in [3.8, 4) is 16.9 Å². The van der Waals surface area contributed by atoms with Gasteiger partial charge in [0.25, 0.3) is 0 Å². The molecule has 1 aliphatic carbocycles. The van der Waals surface area contributed by atoms with E-state index in [1.165, 1.54) is 25.3 Å². The number of carboxylic acids is 1. The zero-order valence-electron chi connectivity index (χ0n) is 19.2. The van der Waals surface area contributed by atoms with Gasteiger partial charge in [-0.15, -0.1) is 0 Å². The van der Waals surface area contributed by atoms with E-state index >= 15 is 0 Å². The van der Waals surface area contributed by atoms with Crippen LogP contribution in [0.4, 0.5) is 4.79 Å². The van der Waals surface area contributed by atoms with Gasteiger partial charge >= 0.3 is 12.1 Å². The van der Waals surface area contributed by atoms with Crippen LogP contribution in [-0.2, 0) is 4.74 Å². The zero-order valence-corrected chi connectivity index (χ0v) is 19.2. The Bertz CT molecular complexity index is 1180. The molecule has 2 atom stereocenters. The van der Waals surface area contributed by atoms with E-state index in [1.54, 1.807) is 0 Å². The van der Waals surface area contributed by atoms with Gasteiger partial charge in [0.1, 0.15) is 18.5 Å².